The average Bonchev–Trinajstić information content (AvgIpc) is 2.86. The van der Waals surface area contributed by atoms with E-state index in [0.29, 0.717) is 36.1 Å². The van der Waals surface area contributed by atoms with Crippen LogP contribution in [0.4, 0.5) is 5.82 Å². The number of carbonyl (C=O) groups excluding carboxylic acids is 2. The first-order valence-electron chi connectivity index (χ1n) is 11.4. The van der Waals surface area contributed by atoms with Gasteiger partial charge in [-0.3, -0.25) is 9.59 Å². The molecule has 0 radical (unpaired) electrons. The Bertz CT molecular complexity index is 1150. The third-order valence-electron chi connectivity index (χ3n) is 5.72. The summed E-state index contributed by atoms with van der Waals surface area (Å²) in [6, 6.07) is 19.5. The fourth-order valence-corrected chi connectivity index (χ4v) is 4.67. The molecule has 176 valence electrons. The SMILES string of the molecule is CC(=O)N1CCN(c2cc(C)nc(SCc3cccc(C(=O)NCc4ccccc4)c3)n2)CC1. The van der Waals surface area contributed by atoms with Gasteiger partial charge >= 0.3 is 0 Å². The fourth-order valence-electron chi connectivity index (χ4n) is 3.83. The molecule has 7 nitrogen and oxygen atoms in total. The molecule has 34 heavy (non-hydrogen) atoms. The number of carbonyl (C=O) groups is 2. The average molecular weight is 476 g/mol. The van der Waals surface area contributed by atoms with Crippen LogP contribution in [-0.2, 0) is 17.1 Å². The molecule has 1 fully saturated rings. The molecule has 2 aromatic carbocycles. The lowest BCUT2D eigenvalue weighted by Gasteiger charge is -2.35. The molecule has 0 saturated carbocycles. The van der Waals surface area contributed by atoms with Gasteiger partial charge in [0.25, 0.3) is 5.91 Å². The van der Waals surface area contributed by atoms with Crippen molar-refractivity contribution in [2.75, 3.05) is 31.1 Å². The Morgan fingerprint density at radius 2 is 1.68 bits per heavy atom. The van der Waals surface area contributed by atoms with Gasteiger partial charge in [-0.15, -0.1) is 0 Å². The summed E-state index contributed by atoms with van der Waals surface area (Å²) in [5, 5.41) is 3.69. The molecule has 3 aromatic rings. The van der Waals surface area contributed by atoms with Crippen LogP contribution in [-0.4, -0.2) is 52.9 Å². The van der Waals surface area contributed by atoms with Crippen LogP contribution in [0.15, 0.2) is 65.8 Å². The molecule has 8 heteroatoms. The normalized spacial score (nSPS) is 13.6. The summed E-state index contributed by atoms with van der Waals surface area (Å²) in [4.78, 5) is 37.6. The first kappa shape index (κ1) is 23.8. The van der Waals surface area contributed by atoms with E-state index in [9.17, 15) is 9.59 Å². The zero-order valence-corrected chi connectivity index (χ0v) is 20.3. The minimum atomic E-state index is -0.0884. The number of hydrogen-bond acceptors (Lipinski definition) is 6. The van der Waals surface area contributed by atoms with E-state index >= 15 is 0 Å². The van der Waals surface area contributed by atoms with Gasteiger partial charge in [0.05, 0.1) is 0 Å². The number of amides is 2. The van der Waals surface area contributed by atoms with Crippen LogP contribution in [0, 0.1) is 6.92 Å². The Morgan fingerprint density at radius 1 is 0.941 bits per heavy atom. The van der Waals surface area contributed by atoms with Gasteiger partial charge in [0.2, 0.25) is 5.91 Å². The molecule has 1 aliphatic rings. The summed E-state index contributed by atoms with van der Waals surface area (Å²) in [6.07, 6.45) is 0. The second kappa shape index (κ2) is 11.2. The lowest BCUT2D eigenvalue weighted by Crippen LogP contribution is -2.48. The van der Waals surface area contributed by atoms with Crippen molar-refractivity contribution < 1.29 is 9.59 Å². The van der Waals surface area contributed by atoms with Crippen LogP contribution in [0.2, 0.25) is 0 Å². The first-order valence-corrected chi connectivity index (χ1v) is 12.4. The third-order valence-corrected chi connectivity index (χ3v) is 6.64. The van der Waals surface area contributed by atoms with E-state index in [1.807, 2.05) is 72.5 Å². The number of hydrogen-bond donors (Lipinski definition) is 1. The largest absolute Gasteiger partial charge is 0.353 e. The predicted molar refractivity (Wildman–Crippen MR) is 135 cm³/mol. The van der Waals surface area contributed by atoms with Crippen molar-refractivity contribution in [3.05, 3.63) is 83.0 Å². The molecule has 1 aliphatic heterocycles. The van der Waals surface area contributed by atoms with E-state index in [-0.39, 0.29) is 11.8 Å². The Kier molecular flexibility index (Phi) is 7.80. The van der Waals surface area contributed by atoms with Crippen molar-refractivity contribution in [2.45, 2.75) is 31.3 Å². The minimum absolute atomic E-state index is 0.0884. The predicted octanol–water partition coefficient (Wildman–Crippen LogP) is 3.68. The van der Waals surface area contributed by atoms with Crippen molar-refractivity contribution in [3.63, 3.8) is 0 Å². The van der Waals surface area contributed by atoms with E-state index in [0.717, 1.165) is 35.7 Å². The van der Waals surface area contributed by atoms with Crippen LogP contribution >= 0.6 is 11.8 Å². The van der Waals surface area contributed by atoms with Crippen LogP contribution in [0.1, 0.15) is 34.1 Å². The Labute approximate surface area is 204 Å². The summed E-state index contributed by atoms with van der Waals surface area (Å²) in [6.45, 7) is 7.03. The molecule has 0 bridgehead atoms. The van der Waals surface area contributed by atoms with Gasteiger partial charge in [-0.05, 0) is 30.2 Å². The molecule has 0 aliphatic carbocycles. The summed E-state index contributed by atoms with van der Waals surface area (Å²) in [7, 11) is 0. The van der Waals surface area contributed by atoms with Gasteiger partial charge in [-0.25, -0.2) is 9.97 Å². The zero-order chi connectivity index (χ0) is 23.9. The quantitative estimate of drug-likeness (QED) is 0.415. The molecule has 1 aromatic heterocycles. The Hall–Kier alpha value is -3.39. The molecular formula is C26H29N5O2S. The summed E-state index contributed by atoms with van der Waals surface area (Å²) in [5.41, 5.74) is 3.66. The summed E-state index contributed by atoms with van der Waals surface area (Å²) < 4.78 is 0. The fraction of sp³-hybridized carbons (Fsp3) is 0.308. The van der Waals surface area contributed by atoms with E-state index in [2.05, 4.69) is 15.2 Å². The van der Waals surface area contributed by atoms with Crippen LogP contribution in [0.25, 0.3) is 0 Å². The molecule has 2 amide bonds. The second-order valence-electron chi connectivity index (χ2n) is 8.30. The maximum absolute atomic E-state index is 12.6. The van der Waals surface area contributed by atoms with Crippen LogP contribution in [0.5, 0.6) is 0 Å². The topological polar surface area (TPSA) is 78.4 Å². The van der Waals surface area contributed by atoms with Gasteiger partial charge in [0.1, 0.15) is 5.82 Å². The standard InChI is InChI=1S/C26H29N5O2S/c1-19-15-24(31-13-11-30(12-14-31)20(2)32)29-26(28-19)34-18-22-9-6-10-23(16-22)25(33)27-17-21-7-4-3-5-8-21/h3-10,15-16H,11-14,17-18H2,1-2H3,(H,27,33). The third kappa shape index (κ3) is 6.35. The molecule has 1 N–H and O–H groups in total. The first-order chi connectivity index (χ1) is 16.5. The van der Waals surface area contributed by atoms with Crippen molar-refractivity contribution in [2.24, 2.45) is 0 Å². The Morgan fingerprint density at radius 3 is 2.41 bits per heavy atom. The van der Waals surface area contributed by atoms with Gasteiger partial charge < -0.3 is 15.1 Å². The van der Waals surface area contributed by atoms with E-state index < -0.39 is 0 Å². The number of thioether (sulfide) groups is 1. The zero-order valence-electron chi connectivity index (χ0n) is 19.5. The van der Waals surface area contributed by atoms with Gasteiger partial charge in [-0.2, -0.15) is 0 Å². The van der Waals surface area contributed by atoms with Gasteiger partial charge in [0.15, 0.2) is 5.16 Å². The van der Waals surface area contributed by atoms with Gasteiger partial charge in [0, 0.05) is 62.7 Å². The number of aromatic nitrogens is 2. The van der Waals surface area contributed by atoms with Gasteiger partial charge in [-0.1, -0.05) is 54.2 Å². The maximum Gasteiger partial charge on any atom is 0.251 e. The molecular weight excluding hydrogens is 446 g/mol. The smallest absolute Gasteiger partial charge is 0.251 e. The highest BCUT2D eigenvalue weighted by atomic mass is 32.2. The maximum atomic E-state index is 12.6. The Balaban J connectivity index is 1.36. The number of rotatable bonds is 7. The number of benzene rings is 2. The molecule has 0 spiro atoms. The number of nitrogens with one attached hydrogen (secondary N) is 1. The monoisotopic (exact) mass is 475 g/mol. The van der Waals surface area contributed by atoms with E-state index in [4.69, 9.17) is 4.98 Å². The van der Waals surface area contributed by atoms with Crippen LogP contribution < -0.4 is 10.2 Å². The highest BCUT2D eigenvalue weighted by molar-refractivity contribution is 7.98. The van der Waals surface area contributed by atoms with Crippen molar-refractivity contribution in [1.29, 1.82) is 0 Å². The minimum Gasteiger partial charge on any atom is -0.353 e. The molecule has 4 rings (SSSR count). The van der Waals surface area contributed by atoms with Crippen molar-refractivity contribution in [1.82, 2.24) is 20.2 Å². The second-order valence-corrected chi connectivity index (χ2v) is 9.24. The number of nitrogens with zero attached hydrogens (tertiary/aromatic N) is 4. The molecule has 1 saturated heterocycles. The molecule has 0 atom stereocenters. The number of aryl methyl sites for hydroxylation is 1. The van der Waals surface area contributed by atoms with E-state index in [1.165, 1.54) is 0 Å². The number of anilines is 1. The van der Waals surface area contributed by atoms with Crippen LogP contribution in [0.3, 0.4) is 0 Å². The lowest BCUT2D eigenvalue weighted by atomic mass is 10.1. The van der Waals surface area contributed by atoms with E-state index in [1.54, 1.807) is 18.7 Å². The summed E-state index contributed by atoms with van der Waals surface area (Å²) >= 11 is 1.56. The molecule has 2 heterocycles. The highest BCUT2D eigenvalue weighted by Crippen LogP contribution is 2.24. The highest BCUT2D eigenvalue weighted by Gasteiger charge is 2.20. The summed E-state index contributed by atoms with van der Waals surface area (Å²) in [5.74, 6) is 1.59. The molecule has 0 unspecified atom stereocenters. The van der Waals surface area contributed by atoms with Crippen molar-refractivity contribution in [3.8, 4) is 0 Å². The number of piperazine rings is 1. The van der Waals surface area contributed by atoms with Crippen molar-refractivity contribution >= 4 is 29.4 Å². The lowest BCUT2D eigenvalue weighted by molar-refractivity contribution is -0.129.